The third-order valence-electron chi connectivity index (χ3n) is 6.02. The largest absolute Gasteiger partial charge is 0.370 e. The number of carbonyl (C=O) groups excluding carboxylic acids is 1. The van der Waals surface area contributed by atoms with E-state index >= 15 is 0 Å². The van der Waals surface area contributed by atoms with Crippen LogP contribution in [-0.2, 0) is 4.79 Å². The van der Waals surface area contributed by atoms with Crippen LogP contribution in [0.3, 0.4) is 0 Å². The molecule has 2 nitrogen and oxygen atoms in total. The maximum atomic E-state index is 10.8. The Morgan fingerprint density at radius 2 is 1.04 bits per heavy atom. The molecule has 0 spiro atoms. The molecule has 0 rings (SSSR count). The molecule has 1 unspecified atom stereocenters. The lowest BCUT2D eigenvalue weighted by Crippen LogP contribution is -2.15. The van der Waals surface area contributed by atoms with Gasteiger partial charge in [0.25, 0.3) is 0 Å². The molecular formula is C25H50BrNO. The van der Waals surface area contributed by atoms with Gasteiger partial charge in [-0.05, 0) is 31.6 Å². The topological polar surface area (TPSA) is 43.1 Å². The standard InChI is InChI=1S/C25H50BrNO/c1-3-5-7-9-11-15-19-23(20-16-12-10-8-6-4-2)24(26)21-17-13-14-18-22-25(27)28/h23-24H,3-22H2,1-2H3,(H2,27,28). The third kappa shape index (κ3) is 19.3. The van der Waals surface area contributed by atoms with E-state index in [-0.39, 0.29) is 5.91 Å². The molecule has 0 bridgehead atoms. The van der Waals surface area contributed by atoms with E-state index in [1.165, 1.54) is 109 Å². The molecule has 0 aliphatic rings. The van der Waals surface area contributed by atoms with Gasteiger partial charge in [0.2, 0.25) is 5.91 Å². The summed E-state index contributed by atoms with van der Waals surface area (Å²) in [6, 6.07) is 0. The fourth-order valence-electron chi connectivity index (χ4n) is 4.11. The summed E-state index contributed by atoms with van der Waals surface area (Å²) in [6.07, 6.45) is 26.1. The molecule has 0 radical (unpaired) electrons. The van der Waals surface area contributed by atoms with Gasteiger partial charge >= 0.3 is 0 Å². The van der Waals surface area contributed by atoms with E-state index in [0.29, 0.717) is 11.2 Å². The normalized spacial score (nSPS) is 12.6. The van der Waals surface area contributed by atoms with Crippen molar-refractivity contribution in [2.75, 3.05) is 0 Å². The summed E-state index contributed by atoms with van der Waals surface area (Å²) >= 11 is 4.05. The molecule has 0 saturated heterocycles. The van der Waals surface area contributed by atoms with Gasteiger partial charge in [0.15, 0.2) is 0 Å². The van der Waals surface area contributed by atoms with E-state index in [2.05, 4.69) is 29.8 Å². The van der Waals surface area contributed by atoms with Gasteiger partial charge in [-0.25, -0.2) is 0 Å². The van der Waals surface area contributed by atoms with Crippen molar-refractivity contribution in [1.82, 2.24) is 0 Å². The number of nitrogens with two attached hydrogens (primary N) is 1. The van der Waals surface area contributed by atoms with Crippen molar-refractivity contribution in [2.45, 2.75) is 147 Å². The number of rotatable bonds is 22. The summed E-state index contributed by atoms with van der Waals surface area (Å²) in [4.78, 5) is 11.5. The van der Waals surface area contributed by atoms with Gasteiger partial charge in [0.05, 0.1) is 0 Å². The fourth-order valence-corrected chi connectivity index (χ4v) is 4.96. The third-order valence-corrected chi connectivity index (χ3v) is 7.23. The monoisotopic (exact) mass is 459 g/mol. The Labute approximate surface area is 185 Å². The van der Waals surface area contributed by atoms with Crippen LogP contribution in [0.4, 0.5) is 0 Å². The van der Waals surface area contributed by atoms with E-state index < -0.39 is 0 Å². The minimum absolute atomic E-state index is 0.156. The summed E-state index contributed by atoms with van der Waals surface area (Å²) in [5.74, 6) is 0.694. The highest BCUT2D eigenvalue weighted by Crippen LogP contribution is 2.30. The molecule has 0 aromatic heterocycles. The number of unbranched alkanes of at least 4 members (excludes halogenated alkanes) is 13. The van der Waals surface area contributed by atoms with Crippen LogP contribution in [0.15, 0.2) is 0 Å². The van der Waals surface area contributed by atoms with E-state index in [1.807, 2.05) is 0 Å². The predicted molar refractivity (Wildman–Crippen MR) is 129 cm³/mol. The Kier molecular flexibility index (Phi) is 21.6. The second kappa shape index (κ2) is 21.7. The van der Waals surface area contributed by atoms with Crippen molar-refractivity contribution in [3.63, 3.8) is 0 Å². The first-order valence-corrected chi connectivity index (χ1v) is 13.5. The molecule has 0 heterocycles. The quantitative estimate of drug-likeness (QED) is 0.127. The Morgan fingerprint density at radius 1 is 0.643 bits per heavy atom. The zero-order valence-electron chi connectivity index (χ0n) is 19.2. The highest BCUT2D eigenvalue weighted by molar-refractivity contribution is 9.09. The van der Waals surface area contributed by atoms with Gasteiger partial charge in [-0.1, -0.05) is 126 Å². The molecule has 168 valence electrons. The Morgan fingerprint density at radius 3 is 1.50 bits per heavy atom. The highest BCUT2D eigenvalue weighted by atomic mass is 79.9. The number of amides is 1. The maximum absolute atomic E-state index is 10.8. The van der Waals surface area contributed by atoms with Crippen LogP contribution in [0, 0.1) is 5.92 Å². The molecule has 0 aromatic carbocycles. The van der Waals surface area contributed by atoms with Crippen LogP contribution in [0.25, 0.3) is 0 Å². The molecule has 0 saturated carbocycles. The van der Waals surface area contributed by atoms with Gasteiger partial charge in [-0.15, -0.1) is 0 Å². The summed E-state index contributed by atoms with van der Waals surface area (Å²) in [6.45, 7) is 4.58. The zero-order valence-corrected chi connectivity index (χ0v) is 20.7. The highest BCUT2D eigenvalue weighted by Gasteiger charge is 2.18. The Balaban J connectivity index is 4.04. The lowest BCUT2D eigenvalue weighted by atomic mass is 9.89. The molecule has 0 aliphatic carbocycles. The summed E-state index contributed by atoms with van der Waals surface area (Å²) in [7, 11) is 0. The lowest BCUT2D eigenvalue weighted by Gasteiger charge is -2.23. The number of hydrogen-bond acceptors (Lipinski definition) is 1. The van der Waals surface area contributed by atoms with E-state index in [4.69, 9.17) is 5.73 Å². The smallest absolute Gasteiger partial charge is 0.217 e. The minimum atomic E-state index is -0.156. The molecule has 0 aliphatic heterocycles. The molecule has 3 heteroatoms. The first-order valence-electron chi connectivity index (χ1n) is 12.5. The van der Waals surface area contributed by atoms with Crippen LogP contribution in [0.5, 0.6) is 0 Å². The van der Waals surface area contributed by atoms with Crippen molar-refractivity contribution in [3.05, 3.63) is 0 Å². The van der Waals surface area contributed by atoms with Gasteiger partial charge in [-0.2, -0.15) is 0 Å². The molecule has 1 atom stereocenters. The number of halogens is 1. The minimum Gasteiger partial charge on any atom is -0.370 e. The van der Waals surface area contributed by atoms with Gasteiger partial charge in [0.1, 0.15) is 0 Å². The lowest BCUT2D eigenvalue weighted by molar-refractivity contribution is -0.118. The number of hydrogen-bond donors (Lipinski definition) is 1. The van der Waals surface area contributed by atoms with Crippen LogP contribution in [0.2, 0.25) is 0 Å². The van der Waals surface area contributed by atoms with Crippen LogP contribution in [-0.4, -0.2) is 10.7 Å². The zero-order chi connectivity index (χ0) is 20.9. The molecule has 2 N–H and O–H groups in total. The second-order valence-corrected chi connectivity index (χ2v) is 9.98. The first kappa shape index (κ1) is 27.9. The van der Waals surface area contributed by atoms with Gasteiger partial charge < -0.3 is 5.73 Å². The molecular weight excluding hydrogens is 410 g/mol. The average Bonchev–Trinajstić information content (AvgIpc) is 2.67. The van der Waals surface area contributed by atoms with Crippen molar-refractivity contribution in [3.8, 4) is 0 Å². The van der Waals surface area contributed by atoms with Crippen molar-refractivity contribution < 1.29 is 4.79 Å². The molecule has 0 fully saturated rings. The van der Waals surface area contributed by atoms with Crippen molar-refractivity contribution >= 4 is 21.8 Å². The average molecular weight is 461 g/mol. The molecule has 1 amide bonds. The van der Waals surface area contributed by atoms with Crippen LogP contribution < -0.4 is 5.73 Å². The number of alkyl halides is 1. The number of primary amides is 1. The van der Waals surface area contributed by atoms with Crippen LogP contribution >= 0.6 is 15.9 Å². The maximum Gasteiger partial charge on any atom is 0.217 e. The summed E-state index contributed by atoms with van der Waals surface area (Å²) in [5, 5.41) is 0. The van der Waals surface area contributed by atoms with E-state index in [9.17, 15) is 4.79 Å². The first-order chi connectivity index (χ1) is 13.6. The second-order valence-electron chi connectivity index (χ2n) is 8.81. The number of carbonyl (C=O) groups is 1. The summed E-state index contributed by atoms with van der Waals surface area (Å²) in [5.41, 5.74) is 5.22. The molecule has 0 aromatic rings. The van der Waals surface area contributed by atoms with Crippen LogP contribution in [0.1, 0.15) is 142 Å². The summed E-state index contributed by atoms with van der Waals surface area (Å²) < 4.78 is 0. The Bertz CT molecular complexity index is 319. The van der Waals surface area contributed by atoms with Gasteiger partial charge in [-0.3, -0.25) is 4.79 Å². The fraction of sp³-hybridized carbons (Fsp3) is 0.960. The van der Waals surface area contributed by atoms with Gasteiger partial charge in [0, 0.05) is 11.2 Å². The van der Waals surface area contributed by atoms with E-state index in [0.717, 1.165) is 18.8 Å². The SMILES string of the molecule is CCCCCCCCC(CCCCCCCC)C(Br)CCCCCCC(N)=O. The Hall–Kier alpha value is -0.0500. The molecule has 28 heavy (non-hydrogen) atoms. The van der Waals surface area contributed by atoms with Crippen molar-refractivity contribution in [2.24, 2.45) is 11.7 Å². The van der Waals surface area contributed by atoms with Crippen molar-refractivity contribution in [1.29, 1.82) is 0 Å². The van der Waals surface area contributed by atoms with E-state index in [1.54, 1.807) is 0 Å². The predicted octanol–water partition coefficient (Wildman–Crippen LogP) is 8.69.